The van der Waals surface area contributed by atoms with Gasteiger partial charge in [0.1, 0.15) is 17.1 Å². The van der Waals surface area contributed by atoms with Crippen molar-refractivity contribution in [3.63, 3.8) is 0 Å². The molecule has 0 atom stereocenters. The summed E-state index contributed by atoms with van der Waals surface area (Å²) in [7, 11) is 0. The van der Waals surface area contributed by atoms with Crippen molar-refractivity contribution in [2.75, 3.05) is 31.1 Å². The third-order valence-corrected chi connectivity index (χ3v) is 7.71. The molecule has 0 spiro atoms. The van der Waals surface area contributed by atoms with Crippen LogP contribution in [0, 0.1) is 13.8 Å². The molecule has 0 saturated carbocycles. The number of rotatable bonds is 6. The number of amides is 2. The lowest BCUT2D eigenvalue weighted by Gasteiger charge is -2.34. The van der Waals surface area contributed by atoms with Crippen molar-refractivity contribution in [1.82, 2.24) is 4.90 Å². The number of anilines is 1. The second-order valence-corrected chi connectivity index (χ2v) is 10.4. The second-order valence-electron chi connectivity index (χ2n) is 9.27. The van der Waals surface area contributed by atoms with Crippen LogP contribution in [0.1, 0.15) is 16.7 Å². The summed E-state index contributed by atoms with van der Waals surface area (Å²) >= 11 is 1.40. The molecule has 2 aliphatic heterocycles. The maximum atomic E-state index is 13.7. The van der Waals surface area contributed by atoms with Gasteiger partial charge in [0, 0.05) is 10.5 Å². The number of thioether (sulfide) groups is 1. The summed E-state index contributed by atoms with van der Waals surface area (Å²) in [6.45, 7) is 8.35. The van der Waals surface area contributed by atoms with E-state index in [-0.39, 0.29) is 11.8 Å². The summed E-state index contributed by atoms with van der Waals surface area (Å²) < 4.78 is 0. The zero-order valence-electron chi connectivity index (χ0n) is 20.2. The molecule has 6 heteroatoms. The maximum Gasteiger partial charge on any atom is 0.283 e. The number of aryl methyl sites for hydroxylation is 2. The van der Waals surface area contributed by atoms with E-state index in [1.54, 1.807) is 0 Å². The summed E-state index contributed by atoms with van der Waals surface area (Å²) in [4.78, 5) is 33.8. The summed E-state index contributed by atoms with van der Waals surface area (Å²) in [5.41, 5.74) is 4.74. The summed E-state index contributed by atoms with van der Waals surface area (Å²) in [5, 5.41) is 0. The molecule has 0 radical (unpaired) electrons. The van der Waals surface area contributed by atoms with Crippen LogP contribution >= 0.6 is 11.8 Å². The molecule has 2 amide bonds. The van der Waals surface area contributed by atoms with E-state index in [9.17, 15) is 9.59 Å². The highest BCUT2D eigenvalue weighted by atomic mass is 32.2. The average molecular weight is 485 g/mol. The van der Waals surface area contributed by atoms with E-state index in [0.29, 0.717) is 16.3 Å². The SMILES string of the molecule is Cc1ccc(SC2=C(N3CC[NH+](Cc4ccccc4)CC3)C(=O)N(c3ccc(C)cc3)C2=O)cc1. The van der Waals surface area contributed by atoms with Crippen molar-refractivity contribution in [2.45, 2.75) is 25.3 Å². The number of imide groups is 1. The van der Waals surface area contributed by atoms with Crippen molar-refractivity contribution in [3.8, 4) is 0 Å². The second kappa shape index (κ2) is 10.1. The molecular formula is C29H30N3O2S+. The van der Waals surface area contributed by atoms with E-state index in [0.717, 1.165) is 48.7 Å². The number of carbonyl (C=O) groups is 2. The Morgan fingerprint density at radius 3 is 2.00 bits per heavy atom. The third-order valence-electron chi connectivity index (χ3n) is 6.63. The molecule has 35 heavy (non-hydrogen) atoms. The highest BCUT2D eigenvalue weighted by Gasteiger charge is 2.43. The lowest BCUT2D eigenvalue weighted by Crippen LogP contribution is -3.13. The third kappa shape index (κ3) is 5.04. The van der Waals surface area contributed by atoms with Crippen LogP contribution in [-0.4, -0.2) is 42.9 Å². The summed E-state index contributed by atoms with van der Waals surface area (Å²) in [6, 6.07) is 26.2. The van der Waals surface area contributed by atoms with Gasteiger partial charge in [-0.05, 0) is 38.1 Å². The number of piperazine rings is 1. The fraction of sp³-hybridized carbons (Fsp3) is 0.241. The first kappa shape index (κ1) is 23.4. The van der Waals surface area contributed by atoms with Crippen LogP contribution in [0.3, 0.4) is 0 Å². The Morgan fingerprint density at radius 2 is 1.37 bits per heavy atom. The molecule has 3 aromatic rings. The molecule has 2 aliphatic rings. The van der Waals surface area contributed by atoms with Gasteiger partial charge in [-0.2, -0.15) is 0 Å². The van der Waals surface area contributed by atoms with Gasteiger partial charge >= 0.3 is 0 Å². The molecule has 1 N–H and O–H groups in total. The fourth-order valence-electron chi connectivity index (χ4n) is 4.63. The Kier molecular flexibility index (Phi) is 6.75. The first-order valence-corrected chi connectivity index (χ1v) is 12.9. The van der Waals surface area contributed by atoms with Crippen LogP contribution in [0.5, 0.6) is 0 Å². The first-order chi connectivity index (χ1) is 17.0. The molecule has 1 fully saturated rings. The Labute approximate surface area is 211 Å². The van der Waals surface area contributed by atoms with Gasteiger partial charge in [0.15, 0.2) is 0 Å². The van der Waals surface area contributed by atoms with Gasteiger partial charge in [-0.15, -0.1) is 0 Å². The number of hydrogen-bond donors (Lipinski definition) is 1. The number of nitrogens with zero attached hydrogens (tertiary/aromatic N) is 2. The van der Waals surface area contributed by atoms with Crippen molar-refractivity contribution in [3.05, 3.63) is 106 Å². The maximum absolute atomic E-state index is 13.7. The molecule has 0 bridgehead atoms. The van der Waals surface area contributed by atoms with E-state index in [1.807, 2.05) is 68.4 Å². The largest absolute Gasteiger partial charge is 0.355 e. The molecule has 0 aromatic heterocycles. The minimum Gasteiger partial charge on any atom is -0.355 e. The topological polar surface area (TPSA) is 45.1 Å². The van der Waals surface area contributed by atoms with E-state index in [4.69, 9.17) is 0 Å². The molecule has 3 aromatic carbocycles. The van der Waals surface area contributed by atoms with Gasteiger partial charge in [0.05, 0.1) is 31.9 Å². The molecule has 5 nitrogen and oxygen atoms in total. The predicted molar refractivity (Wildman–Crippen MR) is 140 cm³/mol. The standard InChI is InChI=1S/C29H29N3O2S/c1-21-8-12-24(13-9-21)32-28(33)26(27(29(32)34)35-25-14-10-22(2)11-15-25)31-18-16-30(17-19-31)20-23-6-4-3-5-7-23/h3-15H,16-20H2,1-2H3/p+1. The number of benzene rings is 3. The zero-order chi connectivity index (χ0) is 24.4. The molecule has 5 rings (SSSR count). The van der Waals surface area contributed by atoms with Gasteiger partial charge in [0.2, 0.25) is 0 Å². The van der Waals surface area contributed by atoms with Crippen LogP contribution < -0.4 is 9.80 Å². The Balaban J connectivity index is 1.40. The quantitative estimate of drug-likeness (QED) is 0.544. The van der Waals surface area contributed by atoms with E-state index in [1.165, 1.54) is 27.1 Å². The van der Waals surface area contributed by atoms with Crippen molar-refractivity contribution < 1.29 is 14.5 Å². The number of quaternary nitrogens is 1. The zero-order valence-corrected chi connectivity index (χ0v) is 21.0. The molecule has 0 unspecified atom stereocenters. The van der Waals surface area contributed by atoms with Gasteiger partial charge < -0.3 is 9.80 Å². The summed E-state index contributed by atoms with van der Waals surface area (Å²) in [6.07, 6.45) is 0. The highest BCUT2D eigenvalue weighted by Crippen LogP contribution is 2.38. The Morgan fingerprint density at radius 1 is 0.771 bits per heavy atom. The van der Waals surface area contributed by atoms with Crippen molar-refractivity contribution >= 4 is 29.3 Å². The lowest BCUT2D eigenvalue weighted by atomic mass is 10.2. The highest BCUT2D eigenvalue weighted by molar-refractivity contribution is 8.04. The first-order valence-electron chi connectivity index (χ1n) is 12.1. The molecule has 1 saturated heterocycles. The van der Waals surface area contributed by atoms with Crippen molar-refractivity contribution in [1.29, 1.82) is 0 Å². The monoisotopic (exact) mass is 484 g/mol. The molecule has 2 heterocycles. The minimum atomic E-state index is -0.238. The van der Waals surface area contributed by atoms with Gasteiger partial charge in [-0.3, -0.25) is 9.59 Å². The van der Waals surface area contributed by atoms with Gasteiger partial charge in [-0.1, -0.05) is 77.5 Å². The van der Waals surface area contributed by atoms with Crippen LogP contribution in [0.15, 0.2) is 94.4 Å². The lowest BCUT2D eigenvalue weighted by molar-refractivity contribution is -0.917. The normalized spacial score (nSPS) is 17.0. The van der Waals surface area contributed by atoms with Crippen LogP contribution in [-0.2, 0) is 16.1 Å². The van der Waals surface area contributed by atoms with Gasteiger partial charge in [0.25, 0.3) is 11.8 Å². The van der Waals surface area contributed by atoms with Crippen LogP contribution in [0.2, 0.25) is 0 Å². The minimum absolute atomic E-state index is 0.222. The van der Waals surface area contributed by atoms with Crippen LogP contribution in [0.25, 0.3) is 0 Å². The number of nitrogens with one attached hydrogen (secondary N) is 1. The predicted octanol–water partition coefficient (Wildman–Crippen LogP) is 3.58. The average Bonchev–Trinajstić information content (AvgIpc) is 3.11. The number of hydrogen-bond acceptors (Lipinski definition) is 4. The van der Waals surface area contributed by atoms with Crippen molar-refractivity contribution in [2.24, 2.45) is 0 Å². The molecular weight excluding hydrogens is 454 g/mol. The Hall–Kier alpha value is -3.35. The summed E-state index contributed by atoms with van der Waals surface area (Å²) in [5.74, 6) is -0.460. The number of carbonyl (C=O) groups excluding carboxylic acids is 2. The van der Waals surface area contributed by atoms with E-state index < -0.39 is 0 Å². The van der Waals surface area contributed by atoms with Gasteiger partial charge in [-0.25, -0.2) is 4.90 Å². The Bertz CT molecular complexity index is 1250. The van der Waals surface area contributed by atoms with Crippen LogP contribution in [0.4, 0.5) is 5.69 Å². The van der Waals surface area contributed by atoms with E-state index in [2.05, 4.69) is 29.2 Å². The molecule has 0 aliphatic carbocycles. The fourth-order valence-corrected chi connectivity index (χ4v) is 5.63. The molecule has 178 valence electrons. The smallest absolute Gasteiger partial charge is 0.283 e. The van der Waals surface area contributed by atoms with E-state index >= 15 is 0 Å².